The Bertz CT molecular complexity index is 799. The van der Waals surface area contributed by atoms with Gasteiger partial charge < -0.3 is 9.64 Å². The maximum Gasteiger partial charge on any atom is 0.223 e. The Morgan fingerprint density at radius 2 is 1.81 bits per heavy atom. The molecule has 1 fully saturated rings. The highest BCUT2D eigenvalue weighted by Crippen LogP contribution is 2.29. The Hall–Kier alpha value is -2.69. The minimum atomic E-state index is -0.270. The van der Waals surface area contributed by atoms with Gasteiger partial charge in [0.2, 0.25) is 5.91 Å². The normalized spacial score (nSPS) is 13.3. The van der Waals surface area contributed by atoms with Crippen molar-refractivity contribution < 1.29 is 18.7 Å². The van der Waals surface area contributed by atoms with Gasteiger partial charge in [0.05, 0.1) is 6.61 Å². The van der Waals surface area contributed by atoms with Gasteiger partial charge >= 0.3 is 0 Å². The molecule has 2 aromatic carbocycles. The summed E-state index contributed by atoms with van der Waals surface area (Å²) in [6.45, 7) is 2.27. The van der Waals surface area contributed by atoms with Crippen molar-refractivity contribution in [2.45, 2.75) is 45.2 Å². The maximum atomic E-state index is 13.9. The van der Waals surface area contributed by atoms with Crippen LogP contribution >= 0.6 is 0 Å². The first-order valence-electron chi connectivity index (χ1n) is 9.31. The lowest BCUT2D eigenvalue weighted by Crippen LogP contribution is -2.33. The van der Waals surface area contributed by atoms with E-state index in [4.69, 9.17) is 4.74 Å². The first-order valence-corrected chi connectivity index (χ1v) is 9.31. The molecule has 0 spiro atoms. The minimum absolute atomic E-state index is 0.0159. The predicted octanol–water partition coefficient (Wildman–Crippen LogP) is 4.38. The number of amides is 1. The summed E-state index contributed by atoms with van der Waals surface area (Å²) in [4.78, 5) is 25.6. The molecule has 1 aliphatic rings. The summed E-state index contributed by atoms with van der Waals surface area (Å²) >= 11 is 0. The Balaban J connectivity index is 1.47. The van der Waals surface area contributed by atoms with Gasteiger partial charge in [0.15, 0.2) is 5.78 Å². The molecule has 2 aromatic rings. The van der Waals surface area contributed by atoms with Crippen molar-refractivity contribution in [1.29, 1.82) is 0 Å². The zero-order valence-corrected chi connectivity index (χ0v) is 15.5. The largest absolute Gasteiger partial charge is 0.494 e. The van der Waals surface area contributed by atoms with Crippen LogP contribution in [0.3, 0.4) is 0 Å². The van der Waals surface area contributed by atoms with Crippen molar-refractivity contribution >= 4 is 11.7 Å². The second kappa shape index (κ2) is 8.80. The van der Waals surface area contributed by atoms with E-state index in [0.717, 1.165) is 12.8 Å². The van der Waals surface area contributed by atoms with Crippen LogP contribution in [0.25, 0.3) is 0 Å². The average Bonchev–Trinajstić information content (AvgIpc) is 3.50. The highest BCUT2D eigenvalue weighted by atomic mass is 19.1. The second-order valence-electron chi connectivity index (χ2n) is 6.88. The summed E-state index contributed by atoms with van der Waals surface area (Å²) in [7, 11) is 0. The van der Waals surface area contributed by atoms with Crippen LogP contribution < -0.4 is 4.74 Å². The molecular formula is C22H24FNO3. The van der Waals surface area contributed by atoms with Gasteiger partial charge in [0, 0.05) is 30.1 Å². The van der Waals surface area contributed by atoms with Crippen molar-refractivity contribution in [3.8, 4) is 5.75 Å². The third-order valence-electron chi connectivity index (χ3n) is 4.67. The van der Waals surface area contributed by atoms with Crippen molar-refractivity contribution in [2.24, 2.45) is 0 Å². The van der Waals surface area contributed by atoms with Crippen molar-refractivity contribution in [1.82, 2.24) is 4.90 Å². The molecule has 4 nitrogen and oxygen atoms in total. The summed E-state index contributed by atoms with van der Waals surface area (Å²) in [5.74, 6) is 0.463. The number of hydrogen-bond donors (Lipinski definition) is 0. The highest BCUT2D eigenvalue weighted by Gasteiger charge is 2.32. The number of carbonyl (C=O) groups is 2. The third kappa shape index (κ3) is 5.39. The topological polar surface area (TPSA) is 46.6 Å². The lowest BCUT2D eigenvalue weighted by atomic mass is 10.1. The van der Waals surface area contributed by atoms with Gasteiger partial charge in [-0.15, -0.1) is 0 Å². The second-order valence-corrected chi connectivity index (χ2v) is 6.88. The van der Waals surface area contributed by atoms with E-state index in [9.17, 15) is 14.0 Å². The Morgan fingerprint density at radius 3 is 2.44 bits per heavy atom. The zero-order chi connectivity index (χ0) is 19.2. The number of Topliss-reactive ketones (excluding diaryl/α,β-unsaturated/α-hetero) is 1. The van der Waals surface area contributed by atoms with Crippen LogP contribution in [0, 0.1) is 5.82 Å². The molecule has 0 N–H and O–H groups in total. The van der Waals surface area contributed by atoms with Gasteiger partial charge in [-0.2, -0.15) is 0 Å². The molecule has 0 bridgehead atoms. The number of rotatable bonds is 9. The first kappa shape index (κ1) is 19.1. The number of ketones is 1. The fourth-order valence-corrected chi connectivity index (χ4v) is 2.96. The molecule has 1 aliphatic carbocycles. The quantitative estimate of drug-likeness (QED) is 0.487. The maximum absolute atomic E-state index is 13.9. The van der Waals surface area contributed by atoms with Gasteiger partial charge in [-0.1, -0.05) is 18.2 Å². The number of halogens is 1. The summed E-state index contributed by atoms with van der Waals surface area (Å²) < 4.78 is 19.5. The summed E-state index contributed by atoms with van der Waals surface area (Å²) in [5.41, 5.74) is 1.20. The molecule has 0 heterocycles. The van der Waals surface area contributed by atoms with Crippen LogP contribution in [0.2, 0.25) is 0 Å². The fourth-order valence-electron chi connectivity index (χ4n) is 2.96. The van der Waals surface area contributed by atoms with Gasteiger partial charge in [0.1, 0.15) is 11.6 Å². The van der Waals surface area contributed by atoms with Gasteiger partial charge in [-0.3, -0.25) is 9.59 Å². The fraction of sp³-hybridized carbons (Fsp3) is 0.364. The molecule has 0 radical (unpaired) electrons. The third-order valence-corrected chi connectivity index (χ3v) is 4.67. The van der Waals surface area contributed by atoms with Crippen LogP contribution in [0.5, 0.6) is 5.75 Å². The SMILES string of the molecule is CC(=O)c1ccc(OCCCC(=O)N(Cc2ccccc2F)C2CC2)cc1. The van der Waals surface area contributed by atoms with E-state index < -0.39 is 0 Å². The van der Waals surface area contributed by atoms with E-state index in [1.807, 2.05) is 0 Å². The van der Waals surface area contributed by atoms with Gasteiger partial charge in [-0.05, 0) is 56.5 Å². The Morgan fingerprint density at radius 1 is 1.11 bits per heavy atom. The summed E-state index contributed by atoms with van der Waals surface area (Å²) in [6.07, 6.45) is 2.93. The van der Waals surface area contributed by atoms with E-state index in [1.54, 1.807) is 47.4 Å². The van der Waals surface area contributed by atoms with Crippen molar-refractivity contribution in [2.75, 3.05) is 6.61 Å². The number of hydrogen-bond acceptors (Lipinski definition) is 3. The molecule has 0 saturated heterocycles. The molecule has 1 saturated carbocycles. The Kier molecular flexibility index (Phi) is 6.22. The van der Waals surface area contributed by atoms with Crippen molar-refractivity contribution in [3.05, 3.63) is 65.5 Å². The number of carbonyl (C=O) groups excluding carboxylic acids is 2. The average molecular weight is 369 g/mol. The van der Waals surface area contributed by atoms with Gasteiger partial charge in [0.25, 0.3) is 0 Å². The number of benzene rings is 2. The van der Waals surface area contributed by atoms with Crippen LogP contribution in [-0.4, -0.2) is 29.2 Å². The van der Waals surface area contributed by atoms with E-state index in [1.165, 1.54) is 13.0 Å². The van der Waals surface area contributed by atoms with Crippen LogP contribution in [0.15, 0.2) is 48.5 Å². The minimum Gasteiger partial charge on any atom is -0.494 e. The predicted molar refractivity (Wildman–Crippen MR) is 101 cm³/mol. The lowest BCUT2D eigenvalue weighted by Gasteiger charge is -2.23. The van der Waals surface area contributed by atoms with E-state index in [2.05, 4.69) is 0 Å². The molecule has 142 valence electrons. The van der Waals surface area contributed by atoms with Gasteiger partial charge in [-0.25, -0.2) is 4.39 Å². The van der Waals surface area contributed by atoms with Crippen LogP contribution in [-0.2, 0) is 11.3 Å². The molecule has 1 amide bonds. The smallest absolute Gasteiger partial charge is 0.223 e. The van der Waals surface area contributed by atoms with E-state index in [-0.39, 0.29) is 23.5 Å². The molecule has 0 aliphatic heterocycles. The van der Waals surface area contributed by atoms with E-state index in [0.29, 0.717) is 42.9 Å². The highest BCUT2D eigenvalue weighted by molar-refractivity contribution is 5.94. The number of ether oxygens (including phenoxy) is 1. The zero-order valence-electron chi connectivity index (χ0n) is 15.5. The molecule has 0 aromatic heterocycles. The standard InChI is InChI=1S/C22H24FNO3/c1-16(25)17-8-12-20(13-9-17)27-14-4-7-22(26)24(19-10-11-19)15-18-5-2-3-6-21(18)23/h2-3,5-6,8-9,12-13,19H,4,7,10-11,14-15H2,1H3. The molecular weight excluding hydrogens is 345 g/mol. The number of nitrogens with zero attached hydrogens (tertiary/aromatic N) is 1. The lowest BCUT2D eigenvalue weighted by molar-refractivity contribution is -0.132. The van der Waals surface area contributed by atoms with Crippen molar-refractivity contribution in [3.63, 3.8) is 0 Å². The Labute approximate surface area is 158 Å². The molecule has 0 unspecified atom stereocenters. The monoisotopic (exact) mass is 369 g/mol. The molecule has 3 rings (SSSR count). The van der Waals surface area contributed by atoms with Crippen LogP contribution in [0.4, 0.5) is 4.39 Å². The molecule has 27 heavy (non-hydrogen) atoms. The van der Waals surface area contributed by atoms with Crippen LogP contribution in [0.1, 0.15) is 48.5 Å². The summed E-state index contributed by atoms with van der Waals surface area (Å²) in [5, 5.41) is 0. The molecule has 5 heteroatoms. The first-order chi connectivity index (χ1) is 13.0. The van der Waals surface area contributed by atoms with E-state index >= 15 is 0 Å². The molecule has 0 atom stereocenters. The summed E-state index contributed by atoms with van der Waals surface area (Å²) in [6, 6.07) is 13.8.